The lowest BCUT2D eigenvalue weighted by Crippen LogP contribution is -2.10. The van der Waals surface area contributed by atoms with E-state index in [2.05, 4.69) is 4.37 Å². The van der Waals surface area contributed by atoms with E-state index in [0.29, 0.717) is 13.2 Å². The molecule has 3 nitrogen and oxygen atoms in total. The second kappa shape index (κ2) is 3.94. The molecule has 1 aromatic heterocycles. The van der Waals surface area contributed by atoms with Crippen LogP contribution in [-0.2, 0) is 0 Å². The monoisotopic (exact) mass is 208 g/mol. The summed E-state index contributed by atoms with van der Waals surface area (Å²) in [6, 6.07) is 6.01. The smallest absolute Gasteiger partial charge is 0.120 e. The summed E-state index contributed by atoms with van der Waals surface area (Å²) in [7, 11) is 0. The Morgan fingerprint density at radius 1 is 1.50 bits per heavy atom. The first kappa shape index (κ1) is 9.43. The molecule has 2 rings (SSSR count). The molecule has 0 amide bonds. The van der Waals surface area contributed by atoms with E-state index in [1.54, 1.807) is 0 Å². The van der Waals surface area contributed by atoms with Crippen molar-refractivity contribution >= 4 is 21.6 Å². The van der Waals surface area contributed by atoms with Crippen molar-refractivity contribution in [3.05, 3.63) is 23.9 Å². The Labute approximate surface area is 86.7 Å². The van der Waals surface area contributed by atoms with Crippen molar-refractivity contribution in [2.75, 3.05) is 13.2 Å². The van der Waals surface area contributed by atoms with E-state index < -0.39 is 0 Å². The fourth-order valence-electron chi connectivity index (χ4n) is 1.30. The summed E-state index contributed by atoms with van der Waals surface area (Å²) in [5, 5.41) is 1.17. The maximum absolute atomic E-state index is 5.44. The predicted molar refractivity (Wildman–Crippen MR) is 58.9 cm³/mol. The molecule has 0 bridgehead atoms. The molecule has 0 radical (unpaired) electrons. The highest BCUT2D eigenvalue weighted by Crippen LogP contribution is 2.26. The van der Waals surface area contributed by atoms with Gasteiger partial charge in [-0.3, -0.25) is 0 Å². The van der Waals surface area contributed by atoms with Gasteiger partial charge in [-0.05, 0) is 36.7 Å². The molecule has 0 atom stereocenters. The lowest BCUT2D eigenvalue weighted by atomic mass is 10.2. The number of aryl methyl sites for hydroxylation is 1. The maximum Gasteiger partial charge on any atom is 0.120 e. The molecule has 0 unspecified atom stereocenters. The third kappa shape index (κ3) is 1.71. The molecule has 2 aromatic rings. The Hall–Kier alpha value is -1.13. The van der Waals surface area contributed by atoms with Gasteiger partial charge < -0.3 is 10.5 Å². The maximum atomic E-state index is 5.44. The van der Waals surface area contributed by atoms with Gasteiger partial charge in [0.25, 0.3) is 0 Å². The fraction of sp³-hybridized carbons (Fsp3) is 0.300. The van der Waals surface area contributed by atoms with E-state index in [-0.39, 0.29) is 0 Å². The largest absolute Gasteiger partial charge is 0.492 e. The molecule has 1 aromatic carbocycles. The Morgan fingerprint density at radius 3 is 3.14 bits per heavy atom. The van der Waals surface area contributed by atoms with Gasteiger partial charge in [0.2, 0.25) is 0 Å². The lowest BCUT2D eigenvalue weighted by Gasteiger charge is -2.03. The van der Waals surface area contributed by atoms with E-state index >= 15 is 0 Å². The molecule has 0 saturated heterocycles. The van der Waals surface area contributed by atoms with E-state index in [1.165, 1.54) is 21.6 Å². The Balaban J connectivity index is 2.34. The standard InChI is InChI=1S/C10H12N2OS/c1-7-9-6-8(13-5-4-11)2-3-10(9)14-12-7/h2-3,6H,4-5,11H2,1H3. The van der Waals surface area contributed by atoms with Gasteiger partial charge in [0.1, 0.15) is 12.4 Å². The zero-order valence-corrected chi connectivity index (χ0v) is 8.80. The quantitative estimate of drug-likeness (QED) is 0.838. The summed E-state index contributed by atoms with van der Waals surface area (Å²) < 4.78 is 10.9. The van der Waals surface area contributed by atoms with Crippen LogP contribution in [0.3, 0.4) is 0 Å². The Morgan fingerprint density at radius 2 is 2.36 bits per heavy atom. The predicted octanol–water partition coefficient (Wildman–Crippen LogP) is 1.94. The number of hydrogen-bond acceptors (Lipinski definition) is 4. The second-order valence-corrected chi connectivity index (χ2v) is 3.87. The number of aromatic nitrogens is 1. The molecule has 0 aliphatic carbocycles. The van der Waals surface area contributed by atoms with Gasteiger partial charge in [0.05, 0.1) is 10.4 Å². The normalized spacial score (nSPS) is 10.7. The number of hydrogen-bond donors (Lipinski definition) is 1. The minimum absolute atomic E-state index is 0.541. The number of ether oxygens (including phenoxy) is 1. The zero-order chi connectivity index (χ0) is 9.97. The summed E-state index contributed by atoms with van der Waals surface area (Å²) >= 11 is 1.52. The summed E-state index contributed by atoms with van der Waals surface area (Å²) in [5.74, 6) is 0.867. The first-order valence-electron chi connectivity index (χ1n) is 4.50. The Kier molecular flexibility index (Phi) is 2.65. The van der Waals surface area contributed by atoms with E-state index in [1.807, 2.05) is 25.1 Å². The number of rotatable bonds is 3. The van der Waals surface area contributed by atoms with Gasteiger partial charge in [-0.25, -0.2) is 0 Å². The summed E-state index contributed by atoms with van der Waals surface area (Å²) in [4.78, 5) is 0. The molecular formula is C10H12N2OS. The highest BCUT2D eigenvalue weighted by Gasteiger charge is 2.02. The number of fused-ring (bicyclic) bond motifs is 1. The van der Waals surface area contributed by atoms with Gasteiger partial charge in [-0.2, -0.15) is 4.37 Å². The van der Waals surface area contributed by atoms with Crippen LogP contribution in [-0.4, -0.2) is 17.5 Å². The van der Waals surface area contributed by atoms with Crippen LogP contribution < -0.4 is 10.5 Å². The third-order valence-corrected chi connectivity index (χ3v) is 2.93. The zero-order valence-electron chi connectivity index (χ0n) is 7.99. The van der Waals surface area contributed by atoms with E-state index in [9.17, 15) is 0 Å². The van der Waals surface area contributed by atoms with Gasteiger partial charge in [0.15, 0.2) is 0 Å². The average Bonchev–Trinajstić information content (AvgIpc) is 2.57. The van der Waals surface area contributed by atoms with Crippen LogP contribution in [0.5, 0.6) is 5.75 Å². The number of benzene rings is 1. The fourth-order valence-corrected chi connectivity index (χ4v) is 2.07. The topological polar surface area (TPSA) is 48.1 Å². The summed E-state index contributed by atoms with van der Waals surface area (Å²) in [5.41, 5.74) is 6.42. The first-order valence-corrected chi connectivity index (χ1v) is 5.27. The molecule has 0 aliphatic heterocycles. The van der Waals surface area contributed by atoms with Crippen LogP contribution in [0, 0.1) is 6.92 Å². The van der Waals surface area contributed by atoms with Gasteiger partial charge in [-0.1, -0.05) is 0 Å². The van der Waals surface area contributed by atoms with Crippen molar-refractivity contribution in [1.29, 1.82) is 0 Å². The van der Waals surface area contributed by atoms with Crippen molar-refractivity contribution in [2.24, 2.45) is 5.73 Å². The minimum Gasteiger partial charge on any atom is -0.492 e. The molecule has 74 valence electrons. The van der Waals surface area contributed by atoms with Crippen LogP contribution in [0.1, 0.15) is 5.69 Å². The van der Waals surface area contributed by atoms with Crippen LogP contribution >= 0.6 is 11.5 Å². The van der Waals surface area contributed by atoms with Crippen molar-refractivity contribution < 1.29 is 4.74 Å². The highest BCUT2D eigenvalue weighted by atomic mass is 32.1. The Bertz CT molecular complexity index is 439. The van der Waals surface area contributed by atoms with Crippen molar-refractivity contribution in [3.63, 3.8) is 0 Å². The summed E-state index contributed by atoms with van der Waals surface area (Å²) in [6.07, 6.45) is 0. The SMILES string of the molecule is Cc1nsc2ccc(OCCN)cc12. The molecule has 0 spiro atoms. The number of nitrogens with two attached hydrogens (primary N) is 1. The summed E-state index contributed by atoms with van der Waals surface area (Å²) in [6.45, 7) is 3.10. The van der Waals surface area contributed by atoms with Gasteiger partial charge >= 0.3 is 0 Å². The molecule has 0 fully saturated rings. The van der Waals surface area contributed by atoms with Crippen molar-refractivity contribution in [1.82, 2.24) is 4.37 Å². The van der Waals surface area contributed by atoms with E-state index in [0.717, 1.165) is 11.4 Å². The van der Waals surface area contributed by atoms with Crippen molar-refractivity contribution in [2.45, 2.75) is 6.92 Å². The second-order valence-electron chi connectivity index (χ2n) is 3.06. The lowest BCUT2D eigenvalue weighted by molar-refractivity contribution is 0.329. The van der Waals surface area contributed by atoms with Gasteiger partial charge in [0, 0.05) is 11.9 Å². The minimum atomic E-state index is 0.541. The molecule has 1 heterocycles. The van der Waals surface area contributed by atoms with Gasteiger partial charge in [-0.15, -0.1) is 0 Å². The molecular weight excluding hydrogens is 196 g/mol. The van der Waals surface area contributed by atoms with Crippen molar-refractivity contribution in [3.8, 4) is 5.75 Å². The van der Waals surface area contributed by atoms with Crippen LogP contribution in [0.4, 0.5) is 0 Å². The van der Waals surface area contributed by atoms with Crippen LogP contribution in [0.2, 0.25) is 0 Å². The third-order valence-electron chi connectivity index (χ3n) is 2.01. The molecule has 14 heavy (non-hydrogen) atoms. The number of nitrogens with zero attached hydrogens (tertiary/aromatic N) is 1. The average molecular weight is 208 g/mol. The molecule has 4 heteroatoms. The molecule has 0 aliphatic rings. The first-order chi connectivity index (χ1) is 6.81. The molecule has 0 saturated carbocycles. The highest BCUT2D eigenvalue weighted by molar-refractivity contribution is 7.13. The van der Waals surface area contributed by atoms with Crippen LogP contribution in [0.25, 0.3) is 10.1 Å². The molecule has 2 N–H and O–H groups in total. The van der Waals surface area contributed by atoms with E-state index in [4.69, 9.17) is 10.5 Å². The van der Waals surface area contributed by atoms with Crippen LogP contribution in [0.15, 0.2) is 18.2 Å².